The van der Waals surface area contributed by atoms with Crippen molar-refractivity contribution in [2.75, 3.05) is 19.6 Å². The molecule has 3 nitrogen and oxygen atoms in total. The molecule has 0 aliphatic heterocycles. The molecule has 0 N–H and O–H groups in total. The highest BCUT2D eigenvalue weighted by molar-refractivity contribution is 7.12. The zero-order valence-corrected chi connectivity index (χ0v) is 11.2. The number of hydrogen-bond donors (Lipinski definition) is 0. The molecule has 0 fully saturated rings. The van der Waals surface area contributed by atoms with Crippen molar-refractivity contribution in [1.82, 2.24) is 4.90 Å². The van der Waals surface area contributed by atoms with Crippen molar-refractivity contribution in [2.45, 2.75) is 20.3 Å². The van der Waals surface area contributed by atoms with Gasteiger partial charge in [0.15, 0.2) is 5.78 Å². The van der Waals surface area contributed by atoms with E-state index in [1.54, 1.807) is 0 Å². The molecule has 0 amide bonds. The fourth-order valence-corrected chi connectivity index (χ4v) is 2.33. The van der Waals surface area contributed by atoms with Gasteiger partial charge in [0.05, 0.1) is 17.5 Å². The summed E-state index contributed by atoms with van der Waals surface area (Å²) in [6, 6.07) is 5.87. The van der Waals surface area contributed by atoms with Crippen molar-refractivity contribution in [3.05, 3.63) is 22.4 Å². The van der Waals surface area contributed by atoms with E-state index in [9.17, 15) is 4.79 Å². The Labute approximate surface area is 107 Å². The van der Waals surface area contributed by atoms with E-state index in [2.05, 4.69) is 24.8 Å². The lowest BCUT2D eigenvalue weighted by atomic mass is 10.2. The van der Waals surface area contributed by atoms with Crippen LogP contribution in [0.25, 0.3) is 0 Å². The van der Waals surface area contributed by atoms with Crippen LogP contribution >= 0.6 is 11.3 Å². The largest absolute Gasteiger partial charge is 0.294 e. The smallest absolute Gasteiger partial charge is 0.186 e. The van der Waals surface area contributed by atoms with Crippen molar-refractivity contribution in [3.63, 3.8) is 0 Å². The average Bonchev–Trinajstić information content (AvgIpc) is 2.78. The van der Waals surface area contributed by atoms with Crippen LogP contribution in [0.5, 0.6) is 0 Å². The van der Waals surface area contributed by atoms with Gasteiger partial charge in [-0.3, -0.25) is 9.69 Å². The number of Topliss-reactive ketones (excluding diaryl/α,β-unsaturated/α-hetero) is 1. The summed E-state index contributed by atoms with van der Waals surface area (Å²) in [5.41, 5.74) is 0. The highest BCUT2D eigenvalue weighted by Gasteiger charge is 2.14. The van der Waals surface area contributed by atoms with Gasteiger partial charge in [0.25, 0.3) is 0 Å². The molecule has 1 rings (SSSR count). The van der Waals surface area contributed by atoms with Crippen LogP contribution in [-0.4, -0.2) is 30.3 Å². The predicted octanol–water partition coefficient (Wildman–Crippen LogP) is 2.80. The number of carbonyl (C=O) groups excluding carboxylic acids is 1. The number of hydrogen-bond acceptors (Lipinski definition) is 4. The van der Waals surface area contributed by atoms with Gasteiger partial charge in [-0.25, -0.2) is 0 Å². The zero-order valence-electron chi connectivity index (χ0n) is 10.3. The maximum absolute atomic E-state index is 11.9. The fraction of sp³-hybridized carbons (Fsp3) is 0.538. The van der Waals surface area contributed by atoms with Crippen LogP contribution in [0.1, 0.15) is 29.9 Å². The Bertz CT molecular complexity index is 379. The number of nitrogens with zero attached hydrogens (tertiary/aromatic N) is 2. The Hall–Kier alpha value is -1.18. The standard InChI is InChI=1S/C13H18N2OS/c1-11(2)9-15(7-4-6-14)10-12(16)13-5-3-8-17-13/h3,5,8,11H,4,7,9-10H2,1-2H3. The first-order valence-corrected chi connectivity index (χ1v) is 6.67. The molecule has 1 heterocycles. The quantitative estimate of drug-likeness (QED) is 0.699. The normalized spacial score (nSPS) is 10.8. The minimum absolute atomic E-state index is 0.151. The Morgan fingerprint density at radius 3 is 2.88 bits per heavy atom. The molecule has 0 aliphatic rings. The molecule has 0 aromatic carbocycles. The van der Waals surface area contributed by atoms with Crippen molar-refractivity contribution in [2.24, 2.45) is 5.92 Å². The second kappa shape index (κ2) is 7.21. The summed E-state index contributed by atoms with van der Waals surface area (Å²) in [4.78, 5) is 14.8. The Kier molecular flexibility index (Phi) is 5.88. The average molecular weight is 250 g/mol. The third kappa shape index (κ3) is 5.12. The van der Waals surface area contributed by atoms with Crippen LogP contribution in [-0.2, 0) is 0 Å². The molecule has 0 unspecified atom stereocenters. The van der Waals surface area contributed by atoms with Gasteiger partial charge in [0.2, 0.25) is 0 Å². The molecule has 0 atom stereocenters. The molecule has 92 valence electrons. The second-order valence-corrected chi connectivity index (χ2v) is 5.39. The lowest BCUT2D eigenvalue weighted by Crippen LogP contribution is -2.33. The monoisotopic (exact) mass is 250 g/mol. The van der Waals surface area contributed by atoms with Crippen LogP contribution in [0, 0.1) is 17.2 Å². The molecule has 0 spiro atoms. The summed E-state index contributed by atoms with van der Waals surface area (Å²) in [7, 11) is 0. The van der Waals surface area contributed by atoms with Crippen LogP contribution < -0.4 is 0 Å². The Morgan fingerprint density at radius 2 is 2.35 bits per heavy atom. The molecular weight excluding hydrogens is 232 g/mol. The van der Waals surface area contributed by atoms with Crippen LogP contribution in [0.15, 0.2) is 17.5 Å². The fourth-order valence-electron chi connectivity index (χ4n) is 1.68. The molecule has 17 heavy (non-hydrogen) atoms. The maximum Gasteiger partial charge on any atom is 0.186 e. The molecule has 0 aliphatic carbocycles. The van der Waals surface area contributed by atoms with Crippen molar-refractivity contribution >= 4 is 17.1 Å². The molecule has 0 radical (unpaired) electrons. The first-order valence-electron chi connectivity index (χ1n) is 5.79. The van der Waals surface area contributed by atoms with Gasteiger partial charge in [-0.05, 0) is 17.4 Å². The van der Waals surface area contributed by atoms with E-state index in [0.29, 0.717) is 25.4 Å². The lowest BCUT2D eigenvalue weighted by molar-refractivity contribution is 0.0928. The van der Waals surface area contributed by atoms with Gasteiger partial charge >= 0.3 is 0 Å². The zero-order chi connectivity index (χ0) is 12.7. The van der Waals surface area contributed by atoms with E-state index in [1.165, 1.54) is 11.3 Å². The predicted molar refractivity (Wildman–Crippen MR) is 70.2 cm³/mol. The SMILES string of the molecule is CC(C)CN(CCC#N)CC(=O)c1cccs1. The summed E-state index contributed by atoms with van der Waals surface area (Å²) < 4.78 is 0. The van der Waals surface area contributed by atoms with Gasteiger partial charge in [-0.2, -0.15) is 5.26 Å². The summed E-state index contributed by atoms with van der Waals surface area (Å²) in [6.07, 6.45) is 0.477. The summed E-state index contributed by atoms with van der Waals surface area (Å²) >= 11 is 1.47. The second-order valence-electron chi connectivity index (χ2n) is 4.44. The van der Waals surface area contributed by atoms with Crippen LogP contribution in [0.2, 0.25) is 0 Å². The van der Waals surface area contributed by atoms with E-state index in [0.717, 1.165) is 11.4 Å². The number of nitriles is 1. The minimum Gasteiger partial charge on any atom is -0.294 e. The first-order chi connectivity index (χ1) is 8.13. The van der Waals surface area contributed by atoms with Gasteiger partial charge in [-0.1, -0.05) is 19.9 Å². The third-order valence-electron chi connectivity index (χ3n) is 2.33. The molecular formula is C13H18N2OS. The topological polar surface area (TPSA) is 44.1 Å². The van der Waals surface area contributed by atoms with Gasteiger partial charge in [0.1, 0.15) is 0 Å². The van der Waals surface area contributed by atoms with E-state index in [-0.39, 0.29) is 5.78 Å². The molecule has 1 aromatic heterocycles. The molecule has 0 saturated carbocycles. The van der Waals surface area contributed by atoms with Crippen LogP contribution in [0.3, 0.4) is 0 Å². The number of ketones is 1. The van der Waals surface area contributed by atoms with Gasteiger partial charge in [0, 0.05) is 19.5 Å². The van der Waals surface area contributed by atoms with Crippen molar-refractivity contribution < 1.29 is 4.79 Å². The maximum atomic E-state index is 11.9. The minimum atomic E-state index is 0.151. The Morgan fingerprint density at radius 1 is 1.59 bits per heavy atom. The molecule has 4 heteroatoms. The number of carbonyl (C=O) groups is 1. The highest BCUT2D eigenvalue weighted by Crippen LogP contribution is 2.11. The molecule has 0 saturated heterocycles. The molecule has 0 bridgehead atoms. The highest BCUT2D eigenvalue weighted by atomic mass is 32.1. The summed E-state index contributed by atoms with van der Waals surface area (Å²) in [5.74, 6) is 0.656. The van der Waals surface area contributed by atoms with Gasteiger partial charge < -0.3 is 0 Å². The third-order valence-corrected chi connectivity index (χ3v) is 3.24. The first kappa shape index (κ1) is 13.9. The van der Waals surface area contributed by atoms with E-state index in [1.807, 2.05) is 17.5 Å². The van der Waals surface area contributed by atoms with Crippen molar-refractivity contribution in [1.29, 1.82) is 5.26 Å². The van der Waals surface area contributed by atoms with Crippen LogP contribution in [0.4, 0.5) is 0 Å². The lowest BCUT2D eigenvalue weighted by Gasteiger charge is -2.21. The van der Waals surface area contributed by atoms with Gasteiger partial charge in [-0.15, -0.1) is 11.3 Å². The number of thiophene rings is 1. The summed E-state index contributed by atoms with van der Waals surface area (Å²) in [6.45, 7) is 6.19. The van der Waals surface area contributed by atoms with E-state index >= 15 is 0 Å². The van der Waals surface area contributed by atoms with E-state index in [4.69, 9.17) is 5.26 Å². The number of rotatable bonds is 7. The Balaban J connectivity index is 2.53. The summed E-state index contributed by atoms with van der Waals surface area (Å²) in [5, 5.41) is 10.5. The van der Waals surface area contributed by atoms with Crippen molar-refractivity contribution in [3.8, 4) is 6.07 Å². The van der Waals surface area contributed by atoms with E-state index < -0.39 is 0 Å². The molecule has 1 aromatic rings.